The van der Waals surface area contributed by atoms with Crippen LogP contribution < -0.4 is 20.7 Å². The number of benzene rings is 2. The molecule has 0 aliphatic carbocycles. The average molecular weight is 468 g/mol. The Morgan fingerprint density at radius 1 is 1.06 bits per heavy atom. The summed E-state index contributed by atoms with van der Waals surface area (Å²) in [5.74, 6) is -0.296. The van der Waals surface area contributed by atoms with Crippen LogP contribution >= 0.6 is 11.6 Å². The lowest BCUT2D eigenvalue weighted by atomic mass is 10.1. The van der Waals surface area contributed by atoms with Gasteiger partial charge in [-0.3, -0.25) is 25.8 Å². The maximum atomic E-state index is 12.5. The summed E-state index contributed by atoms with van der Waals surface area (Å²) in [6, 6.07) is 14.6. The molecule has 1 aromatic heterocycles. The first kappa shape index (κ1) is 22.3. The number of nitrogens with zero attached hydrogens (tertiary/aromatic N) is 5. The summed E-state index contributed by atoms with van der Waals surface area (Å²) in [6.07, 6.45) is 1.24. The van der Waals surface area contributed by atoms with Gasteiger partial charge in [0.2, 0.25) is 11.6 Å². The number of hydrogen-bond donors (Lipinski definition) is 2. The van der Waals surface area contributed by atoms with E-state index in [2.05, 4.69) is 25.7 Å². The summed E-state index contributed by atoms with van der Waals surface area (Å²) >= 11 is 6.10. The van der Waals surface area contributed by atoms with E-state index in [0.29, 0.717) is 36.8 Å². The molecule has 0 radical (unpaired) electrons. The van der Waals surface area contributed by atoms with Crippen LogP contribution in [0.4, 0.5) is 23.0 Å². The lowest BCUT2D eigenvalue weighted by Gasteiger charge is -2.36. The third-order valence-corrected chi connectivity index (χ3v) is 5.66. The van der Waals surface area contributed by atoms with Crippen molar-refractivity contribution in [2.24, 2.45) is 0 Å². The highest BCUT2D eigenvalue weighted by molar-refractivity contribution is 6.30. The molecule has 2 N–H and O–H groups in total. The van der Waals surface area contributed by atoms with Gasteiger partial charge in [-0.2, -0.15) is 0 Å². The lowest BCUT2D eigenvalue weighted by molar-refractivity contribution is -0.383. The molecule has 11 heteroatoms. The van der Waals surface area contributed by atoms with Crippen LogP contribution in [0.2, 0.25) is 5.02 Å². The first-order chi connectivity index (χ1) is 15.9. The molecular formula is C22H22ClN7O3. The highest BCUT2D eigenvalue weighted by atomic mass is 35.5. The topological polar surface area (TPSA) is 117 Å². The summed E-state index contributed by atoms with van der Waals surface area (Å²) in [6.45, 7) is 4.16. The number of rotatable bonds is 6. The van der Waals surface area contributed by atoms with Crippen molar-refractivity contribution in [1.29, 1.82) is 0 Å². The van der Waals surface area contributed by atoms with E-state index in [1.165, 1.54) is 6.33 Å². The number of nitro groups is 1. The molecule has 3 aromatic rings. The Hall–Kier alpha value is -3.92. The first-order valence-electron chi connectivity index (χ1n) is 10.3. The number of halogens is 1. The molecule has 1 aliphatic heterocycles. The molecule has 0 bridgehead atoms. The van der Waals surface area contributed by atoms with Gasteiger partial charge in [-0.1, -0.05) is 35.9 Å². The van der Waals surface area contributed by atoms with Crippen molar-refractivity contribution in [1.82, 2.24) is 15.4 Å². The van der Waals surface area contributed by atoms with E-state index < -0.39 is 10.8 Å². The van der Waals surface area contributed by atoms with Gasteiger partial charge in [0, 0.05) is 42.5 Å². The maximum Gasteiger partial charge on any atom is 0.355 e. The van der Waals surface area contributed by atoms with Gasteiger partial charge in [-0.05, 0) is 36.8 Å². The Labute approximate surface area is 195 Å². The van der Waals surface area contributed by atoms with Crippen molar-refractivity contribution in [2.45, 2.75) is 6.92 Å². The Balaban J connectivity index is 1.49. The van der Waals surface area contributed by atoms with Gasteiger partial charge in [-0.25, -0.2) is 9.97 Å². The number of anilines is 3. The highest BCUT2D eigenvalue weighted by Crippen LogP contribution is 2.32. The molecule has 33 heavy (non-hydrogen) atoms. The van der Waals surface area contributed by atoms with Gasteiger partial charge < -0.3 is 9.80 Å². The zero-order valence-corrected chi connectivity index (χ0v) is 18.6. The molecule has 1 amide bonds. The fraction of sp³-hybridized carbons (Fsp3) is 0.227. The van der Waals surface area contributed by atoms with Crippen molar-refractivity contribution in [3.8, 4) is 0 Å². The van der Waals surface area contributed by atoms with Crippen LogP contribution in [-0.2, 0) is 0 Å². The molecule has 0 saturated carbocycles. The third-order valence-electron chi connectivity index (χ3n) is 5.42. The average Bonchev–Trinajstić information content (AvgIpc) is 2.82. The van der Waals surface area contributed by atoms with Crippen molar-refractivity contribution in [3.05, 3.63) is 81.1 Å². The predicted octanol–water partition coefficient (Wildman–Crippen LogP) is 3.43. The first-order valence-corrected chi connectivity index (χ1v) is 10.7. The van der Waals surface area contributed by atoms with Crippen LogP contribution in [0.1, 0.15) is 15.9 Å². The van der Waals surface area contributed by atoms with Gasteiger partial charge in [0.15, 0.2) is 0 Å². The maximum absolute atomic E-state index is 12.5. The predicted molar refractivity (Wildman–Crippen MR) is 127 cm³/mol. The van der Waals surface area contributed by atoms with Gasteiger partial charge in [-0.15, -0.1) is 0 Å². The lowest BCUT2D eigenvalue weighted by Crippen LogP contribution is -2.47. The fourth-order valence-corrected chi connectivity index (χ4v) is 3.91. The monoisotopic (exact) mass is 467 g/mol. The van der Waals surface area contributed by atoms with Crippen molar-refractivity contribution in [2.75, 3.05) is 41.4 Å². The second-order valence-corrected chi connectivity index (χ2v) is 7.94. The van der Waals surface area contributed by atoms with E-state index in [1.807, 2.05) is 48.2 Å². The quantitative estimate of drug-likeness (QED) is 0.418. The number of carbonyl (C=O) groups is 1. The van der Waals surface area contributed by atoms with E-state index in [0.717, 1.165) is 11.3 Å². The van der Waals surface area contributed by atoms with Gasteiger partial charge >= 0.3 is 5.69 Å². The minimum absolute atomic E-state index is 0.0794. The number of hydrogen-bond acceptors (Lipinski definition) is 8. The normalized spacial score (nSPS) is 13.5. The summed E-state index contributed by atoms with van der Waals surface area (Å²) in [5.41, 5.74) is 7.04. The van der Waals surface area contributed by atoms with E-state index in [9.17, 15) is 14.9 Å². The molecule has 0 atom stereocenters. The largest absolute Gasteiger partial charge is 0.368 e. The van der Waals surface area contributed by atoms with Gasteiger partial charge in [0.25, 0.3) is 5.91 Å². The molecule has 0 unspecified atom stereocenters. The molecule has 4 rings (SSSR count). The zero-order valence-electron chi connectivity index (χ0n) is 17.9. The number of nitrogens with one attached hydrogen (secondary N) is 2. The van der Waals surface area contributed by atoms with Crippen molar-refractivity contribution in [3.63, 3.8) is 0 Å². The van der Waals surface area contributed by atoms with E-state index >= 15 is 0 Å². The SMILES string of the molecule is Cc1ccccc1C(=O)NNc1ncnc(N2CCN(c3cccc(Cl)c3)CC2)c1[N+](=O)[O-]. The van der Waals surface area contributed by atoms with Crippen LogP contribution in [-0.4, -0.2) is 47.0 Å². The Bertz CT molecular complexity index is 1180. The van der Waals surface area contributed by atoms with Crippen LogP contribution in [0, 0.1) is 17.0 Å². The molecule has 0 spiro atoms. The minimum atomic E-state index is -0.541. The molecule has 1 fully saturated rings. The summed E-state index contributed by atoms with van der Waals surface area (Å²) in [7, 11) is 0. The van der Waals surface area contributed by atoms with Crippen molar-refractivity contribution >= 4 is 40.5 Å². The van der Waals surface area contributed by atoms with Crippen molar-refractivity contribution < 1.29 is 9.72 Å². The van der Waals surface area contributed by atoms with E-state index in [4.69, 9.17) is 11.6 Å². The molecule has 2 heterocycles. The third kappa shape index (κ3) is 4.96. The van der Waals surface area contributed by atoms with E-state index in [1.54, 1.807) is 12.1 Å². The fourth-order valence-electron chi connectivity index (χ4n) is 3.72. The molecule has 2 aromatic carbocycles. The number of carbonyl (C=O) groups excluding carboxylic acids is 1. The second-order valence-electron chi connectivity index (χ2n) is 7.50. The molecule has 10 nitrogen and oxygen atoms in total. The molecule has 1 aliphatic rings. The number of hydrazine groups is 1. The number of piperazine rings is 1. The summed E-state index contributed by atoms with van der Waals surface area (Å²) < 4.78 is 0. The van der Waals surface area contributed by atoms with Crippen LogP contribution in [0.3, 0.4) is 0 Å². The van der Waals surface area contributed by atoms with Crippen LogP contribution in [0.15, 0.2) is 54.9 Å². The molecular weight excluding hydrogens is 446 g/mol. The van der Waals surface area contributed by atoms with E-state index in [-0.39, 0.29) is 17.3 Å². The highest BCUT2D eigenvalue weighted by Gasteiger charge is 2.29. The standard InChI is InChI=1S/C22H22ClN7O3/c1-15-5-2-3-8-18(15)22(31)27-26-20-19(30(32)33)21(25-14-24-20)29-11-9-28(10-12-29)17-7-4-6-16(23)13-17/h2-8,13-14H,9-12H2,1H3,(H,27,31)(H,24,25,26). The second kappa shape index (κ2) is 9.70. The van der Waals surface area contributed by atoms with Crippen LogP contribution in [0.5, 0.6) is 0 Å². The summed E-state index contributed by atoms with van der Waals surface area (Å²) in [5, 5.41) is 12.6. The Morgan fingerprint density at radius 3 is 2.48 bits per heavy atom. The number of amides is 1. The van der Waals surface area contributed by atoms with Crippen LogP contribution in [0.25, 0.3) is 0 Å². The Kier molecular flexibility index (Phi) is 6.55. The molecule has 1 saturated heterocycles. The van der Waals surface area contributed by atoms with Gasteiger partial charge in [0.05, 0.1) is 4.92 Å². The molecule has 170 valence electrons. The summed E-state index contributed by atoms with van der Waals surface area (Å²) in [4.78, 5) is 36.0. The van der Waals surface area contributed by atoms with Gasteiger partial charge in [0.1, 0.15) is 6.33 Å². The minimum Gasteiger partial charge on any atom is -0.368 e. The number of aryl methyl sites for hydroxylation is 1. The zero-order chi connectivity index (χ0) is 23.4. The number of aromatic nitrogens is 2. The Morgan fingerprint density at radius 2 is 1.79 bits per heavy atom. The smallest absolute Gasteiger partial charge is 0.355 e.